The van der Waals surface area contributed by atoms with E-state index in [1.807, 2.05) is 0 Å². The minimum atomic E-state index is -0.365. The molecule has 1 fully saturated rings. The zero-order valence-corrected chi connectivity index (χ0v) is 22.5. The fourth-order valence-corrected chi connectivity index (χ4v) is 11.5. The van der Waals surface area contributed by atoms with E-state index in [0.29, 0.717) is 5.16 Å². The fourth-order valence-electron chi connectivity index (χ4n) is 5.50. The summed E-state index contributed by atoms with van der Waals surface area (Å²) in [5.41, 5.74) is 7.27. The van der Waals surface area contributed by atoms with Crippen LogP contribution in [-0.4, -0.2) is 23.1 Å². The monoisotopic (exact) mass is 440 g/mol. The van der Waals surface area contributed by atoms with Crippen LogP contribution in [0.15, 0.2) is 36.4 Å². The van der Waals surface area contributed by atoms with Gasteiger partial charge in [0.25, 0.3) is 0 Å². The van der Waals surface area contributed by atoms with E-state index >= 15 is 0 Å². The van der Waals surface area contributed by atoms with Crippen molar-refractivity contribution in [3.8, 4) is 0 Å². The van der Waals surface area contributed by atoms with Gasteiger partial charge >= 0.3 is 0 Å². The average Bonchev–Trinajstić information content (AvgIpc) is 3.08. The Morgan fingerprint density at radius 2 is 1.20 bits per heavy atom. The molecule has 0 nitrogen and oxygen atoms in total. The van der Waals surface area contributed by atoms with E-state index in [4.69, 9.17) is 0 Å². The van der Waals surface area contributed by atoms with Crippen LogP contribution in [0.1, 0.15) is 69.2 Å². The Hall–Kier alpha value is -0.700. The van der Waals surface area contributed by atoms with Crippen LogP contribution in [0.5, 0.6) is 0 Å². The SMILES string of the molecule is Cc1cc(C)cc(P(c2cc(C)cc(C)c2)C(C)[C@@H]2CCC[C@@H]2P(C)C(C)(C)C)c1. The molecule has 0 amide bonds. The minimum absolute atomic E-state index is 0.0284. The van der Waals surface area contributed by atoms with Gasteiger partial charge in [0.15, 0.2) is 0 Å². The van der Waals surface area contributed by atoms with Gasteiger partial charge in [-0.15, -0.1) is 7.92 Å². The zero-order chi connectivity index (χ0) is 22.2. The van der Waals surface area contributed by atoms with Crippen molar-refractivity contribution in [3.63, 3.8) is 0 Å². The molecular weight excluding hydrogens is 398 g/mol. The van der Waals surface area contributed by atoms with Crippen LogP contribution in [0.2, 0.25) is 0 Å². The van der Waals surface area contributed by atoms with Gasteiger partial charge in [-0.05, 0) is 88.1 Å². The number of rotatable bonds is 5. The van der Waals surface area contributed by atoms with Gasteiger partial charge in [-0.2, -0.15) is 0 Å². The molecule has 0 spiro atoms. The number of hydrogen-bond acceptors (Lipinski definition) is 0. The lowest BCUT2D eigenvalue weighted by molar-refractivity contribution is 0.541. The van der Waals surface area contributed by atoms with Gasteiger partial charge in [0.1, 0.15) is 0 Å². The van der Waals surface area contributed by atoms with Crippen LogP contribution >= 0.6 is 15.8 Å². The van der Waals surface area contributed by atoms with E-state index in [9.17, 15) is 0 Å². The quantitative estimate of drug-likeness (QED) is 0.416. The summed E-state index contributed by atoms with van der Waals surface area (Å²) < 4.78 is 0. The first kappa shape index (κ1) is 24.0. The summed E-state index contributed by atoms with van der Waals surface area (Å²) in [6.45, 7) is 21.6. The van der Waals surface area contributed by atoms with E-state index < -0.39 is 0 Å². The first-order valence-electron chi connectivity index (χ1n) is 11.7. The van der Waals surface area contributed by atoms with E-state index in [1.54, 1.807) is 10.6 Å². The summed E-state index contributed by atoms with van der Waals surface area (Å²) in [5.74, 6) is 0.855. The molecule has 1 saturated carbocycles. The first-order valence-corrected chi connectivity index (χ1v) is 14.9. The molecule has 30 heavy (non-hydrogen) atoms. The van der Waals surface area contributed by atoms with E-state index in [0.717, 1.165) is 17.2 Å². The Labute approximate surface area is 188 Å². The molecule has 0 aromatic heterocycles. The maximum Gasteiger partial charge on any atom is -0.0123 e. The highest BCUT2D eigenvalue weighted by molar-refractivity contribution is 7.73. The molecule has 0 saturated heterocycles. The minimum Gasteiger partial charge on any atom is -0.101 e. The Morgan fingerprint density at radius 3 is 1.60 bits per heavy atom. The molecule has 2 unspecified atom stereocenters. The molecule has 164 valence electrons. The predicted octanol–water partition coefficient (Wildman–Crippen LogP) is 7.82. The first-order chi connectivity index (χ1) is 14.0. The number of benzene rings is 2. The molecule has 3 rings (SSSR count). The van der Waals surface area contributed by atoms with Gasteiger partial charge in [0, 0.05) is 0 Å². The Bertz CT molecular complexity index is 785. The van der Waals surface area contributed by atoms with Crippen molar-refractivity contribution in [1.29, 1.82) is 0 Å². The van der Waals surface area contributed by atoms with Crippen molar-refractivity contribution >= 4 is 26.5 Å². The van der Waals surface area contributed by atoms with Crippen LogP contribution < -0.4 is 10.6 Å². The summed E-state index contributed by atoms with van der Waals surface area (Å²) in [4.78, 5) is 0. The Kier molecular flexibility index (Phi) is 7.53. The molecule has 2 heteroatoms. The van der Waals surface area contributed by atoms with Crippen molar-refractivity contribution in [2.45, 2.75) is 91.1 Å². The van der Waals surface area contributed by atoms with Crippen molar-refractivity contribution in [3.05, 3.63) is 58.7 Å². The molecule has 0 heterocycles. The smallest absolute Gasteiger partial charge is 0.0123 e. The topological polar surface area (TPSA) is 0 Å². The molecule has 0 bridgehead atoms. The van der Waals surface area contributed by atoms with Gasteiger partial charge < -0.3 is 0 Å². The largest absolute Gasteiger partial charge is 0.101 e. The lowest BCUT2D eigenvalue weighted by Gasteiger charge is -2.40. The second kappa shape index (κ2) is 9.43. The van der Waals surface area contributed by atoms with Gasteiger partial charge in [-0.3, -0.25) is 0 Å². The van der Waals surface area contributed by atoms with E-state index in [2.05, 4.69) is 98.5 Å². The third-order valence-corrected chi connectivity index (χ3v) is 13.7. The second-order valence-electron chi connectivity index (χ2n) is 10.7. The summed E-state index contributed by atoms with van der Waals surface area (Å²) in [6, 6.07) is 14.6. The highest BCUT2D eigenvalue weighted by atomic mass is 31.1. The van der Waals surface area contributed by atoms with Gasteiger partial charge in [0.05, 0.1) is 0 Å². The van der Waals surface area contributed by atoms with Crippen LogP contribution in [0, 0.1) is 33.6 Å². The van der Waals surface area contributed by atoms with Crippen molar-refractivity contribution < 1.29 is 0 Å². The van der Waals surface area contributed by atoms with Crippen molar-refractivity contribution in [2.24, 2.45) is 5.92 Å². The molecule has 1 aliphatic rings. The molecule has 4 atom stereocenters. The van der Waals surface area contributed by atoms with Crippen LogP contribution in [-0.2, 0) is 0 Å². The molecule has 1 aliphatic carbocycles. The second-order valence-corrected chi connectivity index (χ2v) is 16.6. The Balaban J connectivity index is 2.07. The van der Waals surface area contributed by atoms with Gasteiger partial charge in [-0.1, -0.05) is 92.8 Å². The van der Waals surface area contributed by atoms with Gasteiger partial charge in [0.2, 0.25) is 0 Å². The van der Waals surface area contributed by atoms with Gasteiger partial charge in [-0.25, -0.2) is 0 Å². The summed E-state index contributed by atoms with van der Waals surface area (Å²) >= 11 is 0. The highest BCUT2D eigenvalue weighted by Crippen LogP contribution is 2.60. The lowest BCUT2D eigenvalue weighted by atomic mass is 10.0. The maximum atomic E-state index is 2.59. The molecular formula is C28H42P2. The lowest BCUT2D eigenvalue weighted by Crippen LogP contribution is -2.32. The third kappa shape index (κ3) is 5.37. The zero-order valence-electron chi connectivity index (χ0n) is 20.7. The van der Waals surface area contributed by atoms with E-state index in [1.165, 1.54) is 41.5 Å². The normalized spacial score (nSPS) is 21.8. The third-order valence-electron chi connectivity index (χ3n) is 7.08. The van der Waals surface area contributed by atoms with Crippen molar-refractivity contribution in [1.82, 2.24) is 0 Å². The highest BCUT2D eigenvalue weighted by Gasteiger charge is 2.41. The van der Waals surface area contributed by atoms with Crippen LogP contribution in [0.4, 0.5) is 0 Å². The fraction of sp³-hybridized carbons (Fsp3) is 0.571. The predicted molar refractivity (Wildman–Crippen MR) is 141 cm³/mol. The van der Waals surface area contributed by atoms with Crippen molar-refractivity contribution in [2.75, 3.05) is 6.66 Å². The summed E-state index contributed by atoms with van der Waals surface area (Å²) in [7, 11) is -0.336. The molecule has 2 aromatic carbocycles. The molecule has 0 N–H and O–H groups in total. The summed E-state index contributed by atoms with van der Waals surface area (Å²) in [6.07, 6.45) is 4.28. The number of hydrogen-bond donors (Lipinski definition) is 0. The maximum absolute atomic E-state index is 2.59. The standard InChI is InChI=1S/C28H42P2/c1-19-13-20(2)16-24(15-19)30(25-17-21(3)14-22(4)18-25)23(5)26-11-10-12-27(26)29(9)28(6,7)8/h13-18,23,26-27H,10-12H2,1-9H3/t23?,26-,27-,29?/m0/s1. The van der Waals surface area contributed by atoms with Crippen LogP contribution in [0.25, 0.3) is 0 Å². The Morgan fingerprint density at radius 1 is 0.767 bits per heavy atom. The average molecular weight is 441 g/mol. The van der Waals surface area contributed by atoms with Crippen LogP contribution in [0.3, 0.4) is 0 Å². The molecule has 0 radical (unpaired) electrons. The van der Waals surface area contributed by atoms with E-state index in [-0.39, 0.29) is 15.8 Å². The summed E-state index contributed by atoms with van der Waals surface area (Å²) in [5, 5.41) is 3.62. The molecule has 0 aliphatic heterocycles. The molecule has 2 aromatic rings. The number of aryl methyl sites for hydroxylation is 4.